The van der Waals surface area contributed by atoms with Crippen LogP contribution >= 0.6 is 34.4 Å². The van der Waals surface area contributed by atoms with Crippen LogP contribution < -0.4 is 5.32 Å². The van der Waals surface area contributed by atoms with Crippen molar-refractivity contribution in [1.29, 1.82) is 0 Å². The highest BCUT2D eigenvalue weighted by Gasteiger charge is 2.22. The summed E-state index contributed by atoms with van der Waals surface area (Å²) in [4.78, 5) is 37.1. The van der Waals surface area contributed by atoms with E-state index in [-0.39, 0.29) is 11.7 Å². The summed E-state index contributed by atoms with van der Waals surface area (Å²) in [5, 5.41) is 4.85. The summed E-state index contributed by atoms with van der Waals surface area (Å²) < 4.78 is 0. The van der Waals surface area contributed by atoms with Crippen molar-refractivity contribution in [3.8, 4) is 0 Å². The number of fused-ring (bicyclic) bond motifs is 3. The van der Waals surface area contributed by atoms with Crippen LogP contribution in [0.5, 0.6) is 0 Å². The Kier molecular flexibility index (Phi) is 5.29. The van der Waals surface area contributed by atoms with Crippen LogP contribution in [0, 0.1) is 6.92 Å². The number of aromatic nitrogens is 2. The maximum Gasteiger partial charge on any atom is 0.217 e. The molecule has 1 amide bonds. The molecule has 4 rings (SSSR count). The van der Waals surface area contributed by atoms with Gasteiger partial charge in [0, 0.05) is 22.1 Å². The van der Waals surface area contributed by atoms with Crippen molar-refractivity contribution >= 4 is 56.3 Å². The number of aryl methyl sites for hydroxylation is 3. The third kappa shape index (κ3) is 3.93. The molecule has 0 atom stereocenters. The van der Waals surface area contributed by atoms with E-state index < -0.39 is 0 Å². The molecule has 0 aromatic carbocycles. The number of hydrogen-bond acceptors (Lipinski definition) is 7. The average Bonchev–Trinajstić information content (AvgIpc) is 3.32. The predicted molar refractivity (Wildman–Crippen MR) is 111 cm³/mol. The van der Waals surface area contributed by atoms with Crippen molar-refractivity contribution < 1.29 is 9.59 Å². The largest absolute Gasteiger partial charge is 0.351 e. The van der Waals surface area contributed by atoms with Gasteiger partial charge in [-0.25, -0.2) is 9.97 Å². The van der Waals surface area contributed by atoms with Crippen LogP contribution in [0.25, 0.3) is 10.2 Å². The van der Waals surface area contributed by atoms with E-state index in [4.69, 9.17) is 0 Å². The van der Waals surface area contributed by atoms with E-state index in [2.05, 4.69) is 15.3 Å². The van der Waals surface area contributed by atoms with Crippen LogP contribution in [0.2, 0.25) is 0 Å². The van der Waals surface area contributed by atoms with Gasteiger partial charge >= 0.3 is 0 Å². The zero-order valence-corrected chi connectivity index (χ0v) is 17.6. The van der Waals surface area contributed by atoms with E-state index in [1.807, 2.05) is 19.1 Å². The molecule has 0 radical (unpaired) electrons. The van der Waals surface area contributed by atoms with Crippen LogP contribution in [0.3, 0.4) is 0 Å². The summed E-state index contributed by atoms with van der Waals surface area (Å²) in [6, 6.07) is 3.74. The van der Waals surface area contributed by atoms with Crippen LogP contribution in [0.4, 0.5) is 0 Å². The lowest BCUT2D eigenvalue weighted by Gasteiger charge is -2.05. The molecule has 8 heteroatoms. The zero-order valence-electron chi connectivity index (χ0n) is 15.1. The molecule has 0 saturated heterocycles. The van der Waals surface area contributed by atoms with Crippen molar-refractivity contribution in [3.63, 3.8) is 0 Å². The fraction of sp³-hybridized carbons (Fsp3) is 0.368. The molecule has 0 saturated carbocycles. The Hall–Kier alpha value is -1.77. The van der Waals surface area contributed by atoms with Gasteiger partial charge in [0.25, 0.3) is 0 Å². The topological polar surface area (TPSA) is 72.0 Å². The van der Waals surface area contributed by atoms with Gasteiger partial charge in [0.2, 0.25) is 5.91 Å². The molecule has 1 N–H and O–H groups in total. The van der Waals surface area contributed by atoms with E-state index >= 15 is 0 Å². The second-order valence-electron chi connectivity index (χ2n) is 6.50. The Labute approximate surface area is 169 Å². The molecule has 0 bridgehead atoms. The summed E-state index contributed by atoms with van der Waals surface area (Å²) >= 11 is 4.72. The van der Waals surface area contributed by atoms with Gasteiger partial charge in [0.05, 0.1) is 17.2 Å². The number of carbonyl (C=O) groups excluding carboxylic acids is 2. The molecule has 27 heavy (non-hydrogen) atoms. The first-order valence-electron chi connectivity index (χ1n) is 8.79. The van der Waals surface area contributed by atoms with Gasteiger partial charge in [0.1, 0.15) is 15.7 Å². The lowest BCUT2D eigenvalue weighted by molar-refractivity contribution is -0.119. The molecular formula is C19H19N3O2S3. The number of nitrogens with zero attached hydrogens (tertiary/aromatic N) is 2. The van der Waals surface area contributed by atoms with Crippen molar-refractivity contribution in [1.82, 2.24) is 15.3 Å². The third-order valence-corrected chi connectivity index (χ3v) is 7.72. The van der Waals surface area contributed by atoms with Gasteiger partial charge in [-0.15, -0.1) is 22.7 Å². The number of thioether (sulfide) groups is 1. The molecule has 0 spiro atoms. The van der Waals surface area contributed by atoms with E-state index in [9.17, 15) is 9.59 Å². The van der Waals surface area contributed by atoms with Crippen LogP contribution in [0.1, 0.15) is 44.2 Å². The Morgan fingerprint density at radius 1 is 1.22 bits per heavy atom. The first-order chi connectivity index (χ1) is 13.0. The van der Waals surface area contributed by atoms with E-state index in [1.165, 1.54) is 46.9 Å². The van der Waals surface area contributed by atoms with E-state index in [0.717, 1.165) is 43.7 Å². The minimum absolute atomic E-state index is 0.0710. The maximum absolute atomic E-state index is 12.6. The number of carbonyl (C=O) groups is 2. The summed E-state index contributed by atoms with van der Waals surface area (Å²) in [6.45, 7) is 3.86. The number of Topliss-reactive ketones (excluding diaryl/α,β-unsaturated/α-hetero) is 1. The lowest BCUT2D eigenvalue weighted by Crippen LogP contribution is -2.18. The van der Waals surface area contributed by atoms with Gasteiger partial charge in [-0.2, -0.15) is 0 Å². The number of nitrogens with one attached hydrogen (secondary N) is 1. The normalized spacial score (nSPS) is 13.1. The van der Waals surface area contributed by atoms with Gasteiger partial charge in [-0.1, -0.05) is 11.8 Å². The standard InChI is InChI=1S/C19H19N3O2S3/c1-10-21-18(17-13-4-3-5-15(13)27-19(17)22-10)25-9-14(24)16-7-6-12(26-16)8-20-11(2)23/h6-7H,3-5,8-9H2,1-2H3,(H,20,23). The molecule has 0 aliphatic heterocycles. The Morgan fingerprint density at radius 3 is 2.89 bits per heavy atom. The molecule has 1 aliphatic carbocycles. The molecular weight excluding hydrogens is 398 g/mol. The number of amides is 1. The van der Waals surface area contributed by atoms with Crippen molar-refractivity contribution in [2.75, 3.05) is 5.75 Å². The highest BCUT2D eigenvalue weighted by molar-refractivity contribution is 8.00. The highest BCUT2D eigenvalue weighted by atomic mass is 32.2. The minimum atomic E-state index is -0.0710. The smallest absolute Gasteiger partial charge is 0.217 e. The molecule has 1 aliphatic rings. The fourth-order valence-corrected chi connectivity index (χ4v) is 6.54. The van der Waals surface area contributed by atoms with Crippen LogP contribution in [0.15, 0.2) is 17.2 Å². The number of ketones is 1. The number of rotatable bonds is 6. The molecule has 5 nitrogen and oxygen atoms in total. The zero-order chi connectivity index (χ0) is 19.0. The minimum Gasteiger partial charge on any atom is -0.351 e. The first kappa shape index (κ1) is 18.6. The van der Waals surface area contributed by atoms with Gasteiger partial charge < -0.3 is 5.32 Å². The molecule has 0 unspecified atom stereocenters. The Bertz CT molecular complexity index is 1040. The lowest BCUT2D eigenvalue weighted by atomic mass is 10.2. The van der Waals surface area contributed by atoms with E-state index in [1.54, 1.807) is 11.3 Å². The highest BCUT2D eigenvalue weighted by Crippen LogP contribution is 2.40. The van der Waals surface area contributed by atoms with E-state index in [0.29, 0.717) is 12.3 Å². The maximum atomic E-state index is 12.6. The van der Waals surface area contributed by atoms with Crippen LogP contribution in [-0.2, 0) is 24.2 Å². The van der Waals surface area contributed by atoms with Crippen LogP contribution in [-0.4, -0.2) is 27.4 Å². The first-order valence-corrected chi connectivity index (χ1v) is 11.4. The Morgan fingerprint density at radius 2 is 2.07 bits per heavy atom. The molecule has 140 valence electrons. The van der Waals surface area contributed by atoms with Crippen molar-refractivity contribution in [2.45, 2.75) is 44.7 Å². The monoisotopic (exact) mass is 417 g/mol. The molecule has 0 fully saturated rings. The molecule has 3 aromatic heterocycles. The summed E-state index contributed by atoms with van der Waals surface area (Å²) in [6.07, 6.45) is 3.41. The molecule has 3 aromatic rings. The van der Waals surface area contributed by atoms with Gasteiger partial charge in [-0.3, -0.25) is 9.59 Å². The summed E-state index contributed by atoms with van der Waals surface area (Å²) in [7, 11) is 0. The third-order valence-electron chi connectivity index (χ3n) is 4.43. The molecule has 3 heterocycles. The second-order valence-corrected chi connectivity index (χ2v) is 9.72. The average molecular weight is 418 g/mol. The van der Waals surface area contributed by atoms with Gasteiger partial charge in [-0.05, 0) is 43.9 Å². The fourth-order valence-electron chi connectivity index (χ4n) is 3.21. The van der Waals surface area contributed by atoms with Crippen molar-refractivity contribution in [3.05, 3.63) is 38.2 Å². The Balaban J connectivity index is 1.50. The second kappa shape index (κ2) is 7.69. The SMILES string of the molecule is CC(=O)NCc1ccc(C(=O)CSc2nc(C)nc3sc4c(c23)CCC4)s1. The summed E-state index contributed by atoms with van der Waals surface area (Å²) in [5.41, 5.74) is 1.39. The van der Waals surface area contributed by atoms with Gasteiger partial charge in [0.15, 0.2) is 5.78 Å². The number of thiophene rings is 2. The predicted octanol–water partition coefficient (Wildman–Crippen LogP) is 4.16. The van der Waals surface area contributed by atoms with Crippen molar-refractivity contribution in [2.24, 2.45) is 0 Å². The number of hydrogen-bond donors (Lipinski definition) is 1. The summed E-state index contributed by atoms with van der Waals surface area (Å²) in [5.74, 6) is 1.13. The quantitative estimate of drug-likeness (QED) is 0.370.